The Morgan fingerprint density at radius 3 is 2.52 bits per heavy atom. The van der Waals surface area contributed by atoms with Gasteiger partial charge in [0, 0.05) is 51.2 Å². The first-order chi connectivity index (χ1) is 12.2. The Bertz CT molecular complexity index is 592. The lowest BCUT2D eigenvalue weighted by Crippen LogP contribution is -2.51. The Morgan fingerprint density at radius 1 is 1.12 bits per heavy atom. The Morgan fingerprint density at radius 2 is 1.84 bits per heavy atom. The van der Waals surface area contributed by atoms with E-state index in [0.717, 1.165) is 57.1 Å². The number of likely N-dealkylation sites (tertiary alicyclic amines) is 1. The molecule has 0 spiro atoms. The van der Waals surface area contributed by atoms with Crippen LogP contribution in [0.2, 0.25) is 0 Å². The van der Waals surface area contributed by atoms with E-state index in [4.69, 9.17) is 0 Å². The number of carbonyl (C=O) groups excluding carboxylic acids is 2. The van der Waals surface area contributed by atoms with Gasteiger partial charge in [0.15, 0.2) is 5.13 Å². The fourth-order valence-corrected chi connectivity index (χ4v) is 3.93. The zero-order valence-electron chi connectivity index (χ0n) is 14.9. The van der Waals surface area contributed by atoms with Gasteiger partial charge in [-0.15, -0.1) is 11.3 Å². The molecule has 2 aliphatic heterocycles. The molecule has 0 radical (unpaired) electrons. The monoisotopic (exact) mass is 365 g/mol. The van der Waals surface area contributed by atoms with Crippen molar-refractivity contribution in [2.45, 2.75) is 26.2 Å². The third kappa shape index (κ3) is 4.70. The van der Waals surface area contributed by atoms with Crippen molar-refractivity contribution in [2.24, 2.45) is 0 Å². The van der Waals surface area contributed by atoms with Gasteiger partial charge in [-0.1, -0.05) is 6.92 Å². The minimum atomic E-state index is -0.00804. The van der Waals surface area contributed by atoms with Crippen molar-refractivity contribution < 1.29 is 9.59 Å². The molecule has 138 valence electrons. The zero-order valence-corrected chi connectivity index (χ0v) is 15.7. The predicted octanol–water partition coefficient (Wildman–Crippen LogP) is 1.35. The molecule has 0 aromatic carbocycles. The highest BCUT2D eigenvalue weighted by atomic mass is 32.1. The number of nitrogens with one attached hydrogen (secondary N) is 1. The van der Waals surface area contributed by atoms with Gasteiger partial charge in [-0.3, -0.25) is 14.5 Å². The quantitative estimate of drug-likeness (QED) is 0.824. The lowest BCUT2D eigenvalue weighted by atomic mass is 10.3. The normalized spacial score (nSPS) is 18.6. The largest absolute Gasteiger partial charge is 0.362 e. The summed E-state index contributed by atoms with van der Waals surface area (Å²) in [7, 11) is 0. The molecule has 2 aliphatic rings. The minimum absolute atomic E-state index is 0.00804. The van der Waals surface area contributed by atoms with Crippen LogP contribution in [0.3, 0.4) is 0 Å². The van der Waals surface area contributed by atoms with E-state index < -0.39 is 0 Å². The van der Waals surface area contributed by atoms with Gasteiger partial charge in [0.05, 0.1) is 6.54 Å². The molecule has 0 unspecified atom stereocenters. The number of aromatic nitrogens is 1. The number of nitrogens with zero attached hydrogens (tertiary/aromatic N) is 4. The van der Waals surface area contributed by atoms with Crippen LogP contribution < -0.4 is 5.32 Å². The Labute approximate surface area is 153 Å². The molecule has 0 atom stereocenters. The maximum absolute atomic E-state index is 12.6. The third-order valence-electron chi connectivity index (χ3n) is 4.73. The van der Waals surface area contributed by atoms with Gasteiger partial charge in [-0.05, 0) is 19.3 Å². The standard InChI is InChI=1S/C17H27N5O2S/c1-2-5-18-17-19-14(13-25-17)16(24)22-10-8-20(9-11-22)12-15(23)21-6-3-4-7-21/h13H,2-12H2,1H3,(H,18,19). The van der Waals surface area contributed by atoms with Gasteiger partial charge in [-0.25, -0.2) is 4.98 Å². The van der Waals surface area contributed by atoms with Crippen LogP contribution in [0.25, 0.3) is 0 Å². The number of carbonyl (C=O) groups is 2. The summed E-state index contributed by atoms with van der Waals surface area (Å²) in [6.45, 7) is 8.04. The zero-order chi connectivity index (χ0) is 17.6. The van der Waals surface area contributed by atoms with E-state index in [0.29, 0.717) is 25.3 Å². The van der Waals surface area contributed by atoms with Gasteiger partial charge in [-0.2, -0.15) is 0 Å². The van der Waals surface area contributed by atoms with E-state index in [9.17, 15) is 9.59 Å². The highest BCUT2D eigenvalue weighted by Gasteiger charge is 2.26. The first kappa shape index (κ1) is 18.1. The van der Waals surface area contributed by atoms with Gasteiger partial charge in [0.1, 0.15) is 5.69 Å². The Hall–Kier alpha value is -1.67. The predicted molar refractivity (Wildman–Crippen MR) is 99.1 cm³/mol. The highest BCUT2D eigenvalue weighted by molar-refractivity contribution is 7.13. The van der Waals surface area contributed by atoms with Crippen LogP contribution in [-0.2, 0) is 4.79 Å². The fourth-order valence-electron chi connectivity index (χ4n) is 3.21. The second-order valence-electron chi connectivity index (χ2n) is 6.62. The van der Waals surface area contributed by atoms with E-state index in [-0.39, 0.29) is 11.8 Å². The average Bonchev–Trinajstić information content (AvgIpc) is 3.32. The maximum Gasteiger partial charge on any atom is 0.273 e. The van der Waals surface area contributed by atoms with Crippen LogP contribution in [0.4, 0.5) is 5.13 Å². The van der Waals surface area contributed by atoms with Crippen molar-refractivity contribution >= 4 is 28.3 Å². The van der Waals surface area contributed by atoms with E-state index in [1.165, 1.54) is 11.3 Å². The second kappa shape index (κ2) is 8.62. The number of piperazine rings is 1. The summed E-state index contributed by atoms with van der Waals surface area (Å²) in [5.74, 6) is 0.217. The molecule has 3 rings (SSSR count). The number of rotatable bonds is 6. The van der Waals surface area contributed by atoms with Crippen LogP contribution in [0.15, 0.2) is 5.38 Å². The van der Waals surface area contributed by atoms with E-state index in [1.807, 2.05) is 15.2 Å². The van der Waals surface area contributed by atoms with Gasteiger partial charge < -0.3 is 15.1 Å². The molecule has 7 nitrogen and oxygen atoms in total. The molecule has 8 heteroatoms. The molecular formula is C17H27N5O2S. The van der Waals surface area contributed by atoms with Crippen molar-refractivity contribution in [3.8, 4) is 0 Å². The number of anilines is 1. The highest BCUT2D eigenvalue weighted by Crippen LogP contribution is 2.17. The fraction of sp³-hybridized carbons (Fsp3) is 0.706. The van der Waals surface area contributed by atoms with Crippen molar-refractivity contribution in [1.29, 1.82) is 0 Å². The third-order valence-corrected chi connectivity index (χ3v) is 5.53. The van der Waals surface area contributed by atoms with Crippen LogP contribution in [-0.4, -0.2) is 83.9 Å². The molecular weight excluding hydrogens is 338 g/mol. The minimum Gasteiger partial charge on any atom is -0.362 e. The summed E-state index contributed by atoms with van der Waals surface area (Å²) >= 11 is 1.47. The number of hydrogen-bond donors (Lipinski definition) is 1. The number of hydrogen-bond acceptors (Lipinski definition) is 6. The van der Waals surface area contributed by atoms with Gasteiger partial charge in [0.25, 0.3) is 5.91 Å². The molecule has 0 saturated carbocycles. The summed E-state index contributed by atoms with van der Waals surface area (Å²) in [6, 6.07) is 0. The van der Waals surface area contributed by atoms with Gasteiger partial charge in [0.2, 0.25) is 5.91 Å². The summed E-state index contributed by atoms with van der Waals surface area (Å²) in [6.07, 6.45) is 3.27. The van der Waals surface area contributed by atoms with E-state index in [2.05, 4.69) is 22.1 Å². The molecule has 25 heavy (non-hydrogen) atoms. The Balaban J connectivity index is 1.45. The van der Waals surface area contributed by atoms with Crippen LogP contribution >= 0.6 is 11.3 Å². The van der Waals surface area contributed by atoms with E-state index in [1.54, 1.807) is 0 Å². The molecule has 1 N–H and O–H groups in total. The maximum atomic E-state index is 12.6. The molecule has 3 heterocycles. The molecule has 1 aromatic rings. The summed E-state index contributed by atoms with van der Waals surface area (Å²) in [5, 5.41) is 5.84. The average molecular weight is 366 g/mol. The molecule has 2 amide bonds. The van der Waals surface area contributed by atoms with Crippen molar-refractivity contribution in [3.63, 3.8) is 0 Å². The van der Waals surface area contributed by atoms with Crippen LogP contribution in [0.1, 0.15) is 36.7 Å². The Kier molecular flexibility index (Phi) is 6.25. The molecule has 0 aliphatic carbocycles. The van der Waals surface area contributed by atoms with Crippen LogP contribution in [0.5, 0.6) is 0 Å². The summed E-state index contributed by atoms with van der Waals surface area (Å²) in [5.41, 5.74) is 0.519. The lowest BCUT2D eigenvalue weighted by molar-refractivity contribution is -0.131. The molecule has 0 bridgehead atoms. The summed E-state index contributed by atoms with van der Waals surface area (Å²) < 4.78 is 0. The number of thiazole rings is 1. The van der Waals surface area contributed by atoms with Crippen molar-refractivity contribution in [3.05, 3.63) is 11.1 Å². The van der Waals surface area contributed by atoms with E-state index >= 15 is 0 Å². The van der Waals surface area contributed by atoms with Crippen molar-refractivity contribution in [1.82, 2.24) is 19.7 Å². The molecule has 2 saturated heterocycles. The van der Waals surface area contributed by atoms with Crippen LogP contribution in [0, 0.1) is 0 Å². The van der Waals surface area contributed by atoms with Crippen molar-refractivity contribution in [2.75, 3.05) is 57.7 Å². The number of amides is 2. The first-order valence-corrected chi connectivity index (χ1v) is 10.0. The second-order valence-corrected chi connectivity index (χ2v) is 7.48. The molecule has 2 fully saturated rings. The van der Waals surface area contributed by atoms with Gasteiger partial charge >= 0.3 is 0 Å². The first-order valence-electron chi connectivity index (χ1n) is 9.16. The topological polar surface area (TPSA) is 68.8 Å². The summed E-state index contributed by atoms with van der Waals surface area (Å²) in [4.78, 5) is 35.1. The SMILES string of the molecule is CCCNc1nc(C(=O)N2CCN(CC(=O)N3CCCC3)CC2)cs1. The smallest absolute Gasteiger partial charge is 0.273 e. The molecule has 1 aromatic heterocycles. The lowest BCUT2D eigenvalue weighted by Gasteiger charge is -2.34.